The van der Waals surface area contributed by atoms with Crippen molar-refractivity contribution in [3.05, 3.63) is 47.5 Å². The lowest BCUT2D eigenvalue weighted by Gasteiger charge is -1.96. The van der Waals surface area contributed by atoms with Crippen molar-refractivity contribution in [2.45, 2.75) is 25.3 Å². The van der Waals surface area contributed by atoms with Crippen LogP contribution in [-0.4, -0.2) is 26.1 Å². The lowest BCUT2D eigenvalue weighted by Crippen LogP contribution is -1.99. The van der Waals surface area contributed by atoms with Crippen LogP contribution >= 0.6 is 0 Å². The SMILES string of the molecule is O=C(O)c1cn(Cc2cc3cc(C4CC4)ccc3o2)nn1. The van der Waals surface area contributed by atoms with Crippen LogP contribution in [0.5, 0.6) is 0 Å². The monoisotopic (exact) mass is 283 g/mol. The van der Waals surface area contributed by atoms with Crippen LogP contribution in [0.3, 0.4) is 0 Å². The first-order valence-corrected chi connectivity index (χ1v) is 6.85. The summed E-state index contributed by atoms with van der Waals surface area (Å²) in [6, 6.07) is 8.26. The molecule has 4 rings (SSSR count). The summed E-state index contributed by atoms with van der Waals surface area (Å²) >= 11 is 0. The summed E-state index contributed by atoms with van der Waals surface area (Å²) in [6.07, 6.45) is 3.94. The summed E-state index contributed by atoms with van der Waals surface area (Å²) in [5, 5.41) is 17.3. The highest BCUT2D eigenvalue weighted by atomic mass is 16.4. The van der Waals surface area contributed by atoms with E-state index in [1.54, 1.807) is 0 Å². The van der Waals surface area contributed by atoms with E-state index in [0.29, 0.717) is 12.5 Å². The Morgan fingerprint density at radius 2 is 2.24 bits per heavy atom. The molecule has 0 amide bonds. The number of carboxylic acid groups (broad SMARTS) is 1. The number of aromatic nitrogens is 3. The van der Waals surface area contributed by atoms with Crippen molar-refractivity contribution in [3.63, 3.8) is 0 Å². The van der Waals surface area contributed by atoms with Gasteiger partial charge in [-0.1, -0.05) is 11.3 Å². The van der Waals surface area contributed by atoms with Crippen LogP contribution in [0.4, 0.5) is 0 Å². The van der Waals surface area contributed by atoms with Gasteiger partial charge in [0, 0.05) is 5.39 Å². The number of nitrogens with zero attached hydrogens (tertiary/aromatic N) is 3. The Morgan fingerprint density at radius 3 is 2.95 bits per heavy atom. The van der Waals surface area contributed by atoms with Gasteiger partial charge in [-0.25, -0.2) is 9.48 Å². The molecule has 1 aliphatic rings. The number of carboxylic acids is 1. The Kier molecular flexibility index (Phi) is 2.57. The molecule has 6 nitrogen and oxygen atoms in total. The normalized spacial score (nSPS) is 14.7. The van der Waals surface area contributed by atoms with Crippen molar-refractivity contribution < 1.29 is 14.3 Å². The number of rotatable bonds is 4. The molecule has 2 heterocycles. The molecular weight excluding hydrogens is 270 g/mol. The van der Waals surface area contributed by atoms with Gasteiger partial charge < -0.3 is 9.52 Å². The minimum Gasteiger partial charge on any atom is -0.476 e. The van der Waals surface area contributed by atoms with Crippen LogP contribution in [0, 0.1) is 0 Å². The molecule has 1 N–H and O–H groups in total. The summed E-state index contributed by atoms with van der Waals surface area (Å²) in [4.78, 5) is 10.8. The maximum absolute atomic E-state index is 10.8. The van der Waals surface area contributed by atoms with Crippen LogP contribution in [-0.2, 0) is 6.54 Å². The van der Waals surface area contributed by atoms with E-state index in [2.05, 4.69) is 22.4 Å². The van der Waals surface area contributed by atoms with E-state index in [1.807, 2.05) is 12.1 Å². The first-order valence-electron chi connectivity index (χ1n) is 6.85. The second-order valence-corrected chi connectivity index (χ2v) is 5.39. The van der Waals surface area contributed by atoms with Gasteiger partial charge in [0.1, 0.15) is 17.9 Å². The highest BCUT2D eigenvalue weighted by Crippen LogP contribution is 2.41. The Morgan fingerprint density at radius 1 is 1.38 bits per heavy atom. The molecule has 0 unspecified atom stereocenters. The molecule has 2 aromatic heterocycles. The maximum Gasteiger partial charge on any atom is 0.358 e. The van der Waals surface area contributed by atoms with Gasteiger partial charge in [-0.05, 0) is 42.5 Å². The predicted molar refractivity (Wildman–Crippen MR) is 74.3 cm³/mol. The molecule has 1 aromatic carbocycles. The van der Waals surface area contributed by atoms with Gasteiger partial charge in [0.2, 0.25) is 0 Å². The Balaban J connectivity index is 1.61. The van der Waals surface area contributed by atoms with Gasteiger partial charge in [-0.15, -0.1) is 5.10 Å². The zero-order valence-electron chi connectivity index (χ0n) is 11.2. The van der Waals surface area contributed by atoms with Crippen LogP contribution < -0.4 is 0 Å². The summed E-state index contributed by atoms with van der Waals surface area (Å²) < 4.78 is 7.22. The maximum atomic E-state index is 10.8. The van der Waals surface area contributed by atoms with Gasteiger partial charge in [-0.3, -0.25) is 0 Å². The number of fused-ring (bicyclic) bond motifs is 1. The molecule has 1 aliphatic carbocycles. The molecule has 1 fully saturated rings. The average molecular weight is 283 g/mol. The van der Waals surface area contributed by atoms with Crippen molar-refractivity contribution in [2.24, 2.45) is 0 Å². The smallest absolute Gasteiger partial charge is 0.358 e. The van der Waals surface area contributed by atoms with E-state index < -0.39 is 5.97 Å². The van der Waals surface area contributed by atoms with E-state index in [4.69, 9.17) is 9.52 Å². The topological polar surface area (TPSA) is 81.1 Å². The first-order chi connectivity index (χ1) is 10.2. The second-order valence-electron chi connectivity index (χ2n) is 5.39. The zero-order chi connectivity index (χ0) is 14.4. The lowest BCUT2D eigenvalue weighted by atomic mass is 10.1. The van der Waals surface area contributed by atoms with Gasteiger partial charge >= 0.3 is 5.97 Å². The van der Waals surface area contributed by atoms with Gasteiger partial charge in [0.25, 0.3) is 0 Å². The standard InChI is InChI=1S/C15H13N3O3/c19-15(20)13-8-18(17-16-13)7-12-6-11-5-10(9-1-2-9)3-4-14(11)21-12/h3-6,8-9H,1-2,7H2,(H,19,20). The van der Waals surface area contributed by atoms with Crippen molar-refractivity contribution in [2.75, 3.05) is 0 Å². The van der Waals surface area contributed by atoms with Gasteiger partial charge in [0.15, 0.2) is 5.69 Å². The number of hydrogen-bond donors (Lipinski definition) is 1. The minimum absolute atomic E-state index is 0.0675. The number of furan rings is 1. The third-order valence-corrected chi connectivity index (χ3v) is 3.72. The molecular formula is C15H13N3O3. The quantitative estimate of drug-likeness (QED) is 0.796. The Hall–Kier alpha value is -2.63. The summed E-state index contributed by atoms with van der Waals surface area (Å²) in [7, 11) is 0. The largest absolute Gasteiger partial charge is 0.476 e. The van der Waals surface area contributed by atoms with E-state index in [9.17, 15) is 4.79 Å². The lowest BCUT2D eigenvalue weighted by molar-refractivity contribution is 0.0690. The fourth-order valence-corrected chi connectivity index (χ4v) is 2.50. The van der Waals surface area contributed by atoms with Crippen LogP contribution in [0.1, 0.15) is 40.6 Å². The molecule has 3 aromatic rings. The number of carbonyl (C=O) groups is 1. The van der Waals surface area contributed by atoms with E-state index in [0.717, 1.165) is 16.7 Å². The van der Waals surface area contributed by atoms with Crippen molar-refractivity contribution >= 4 is 16.9 Å². The number of benzene rings is 1. The third kappa shape index (κ3) is 2.29. The third-order valence-electron chi connectivity index (χ3n) is 3.72. The molecule has 106 valence electrons. The van der Waals surface area contributed by atoms with Crippen molar-refractivity contribution in [1.29, 1.82) is 0 Å². The van der Waals surface area contributed by atoms with E-state index in [-0.39, 0.29) is 5.69 Å². The van der Waals surface area contributed by atoms with Crippen molar-refractivity contribution in [1.82, 2.24) is 15.0 Å². The molecule has 0 spiro atoms. The van der Waals surface area contributed by atoms with Crippen LogP contribution in [0.15, 0.2) is 34.9 Å². The average Bonchev–Trinajstić information content (AvgIpc) is 3.07. The number of aromatic carboxylic acids is 1. The van der Waals surface area contributed by atoms with Gasteiger partial charge in [0.05, 0.1) is 6.20 Å². The summed E-state index contributed by atoms with van der Waals surface area (Å²) in [6.45, 7) is 0.369. The number of hydrogen-bond acceptors (Lipinski definition) is 4. The molecule has 1 saturated carbocycles. The highest BCUT2D eigenvalue weighted by Gasteiger charge is 2.23. The summed E-state index contributed by atoms with van der Waals surface area (Å²) in [5.74, 6) is 0.362. The van der Waals surface area contributed by atoms with Gasteiger partial charge in [-0.2, -0.15) is 0 Å². The van der Waals surface area contributed by atoms with E-state index in [1.165, 1.54) is 29.3 Å². The predicted octanol–water partition coefficient (Wildman–Crippen LogP) is 2.65. The summed E-state index contributed by atoms with van der Waals surface area (Å²) in [5.41, 5.74) is 2.14. The molecule has 0 bridgehead atoms. The Bertz CT molecular complexity index is 830. The van der Waals surface area contributed by atoms with Crippen LogP contribution in [0.25, 0.3) is 11.0 Å². The molecule has 0 radical (unpaired) electrons. The molecule has 0 atom stereocenters. The fraction of sp³-hybridized carbons (Fsp3) is 0.267. The molecule has 6 heteroatoms. The zero-order valence-corrected chi connectivity index (χ0v) is 11.2. The second kappa shape index (κ2) is 4.44. The molecule has 21 heavy (non-hydrogen) atoms. The fourth-order valence-electron chi connectivity index (χ4n) is 2.50. The van der Waals surface area contributed by atoms with Crippen LogP contribution in [0.2, 0.25) is 0 Å². The molecule has 0 saturated heterocycles. The van der Waals surface area contributed by atoms with Crippen molar-refractivity contribution in [3.8, 4) is 0 Å². The molecule has 0 aliphatic heterocycles. The Labute approximate surface area is 120 Å². The first kappa shape index (κ1) is 12.1. The van der Waals surface area contributed by atoms with E-state index >= 15 is 0 Å². The highest BCUT2D eigenvalue weighted by molar-refractivity contribution is 5.84. The minimum atomic E-state index is -1.08.